The first kappa shape index (κ1) is 14.7. The lowest BCUT2D eigenvalue weighted by Gasteiger charge is -2.36. The summed E-state index contributed by atoms with van der Waals surface area (Å²) in [5.41, 5.74) is -0.414. The topological polar surface area (TPSA) is 44.8 Å². The first-order valence-corrected chi connectivity index (χ1v) is 6.29. The Balaban J connectivity index is 1.79. The van der Waals surface area contributed by atoms with Crippen LogP contribution in [0.1, 0.15) is 19.3 Å². The molecule has 110 valence electrons. The highest BCUT2D eigenvalue weighted by Gasteiger charge is 2.42. The Morgan fingerprint density at radius 2 is 2.16 bits per heavy atom. The second-order valence-corrected chi connectivity index (χ2v) is 5.10. The molecule has 2 aliphatic heterocycles. The Morgan fingerprint density at radius 1 is 1.37 bits per heavy atom. The van der Waals surface area contributed by atoms with Crippen molar-refractivity contribution in [3.63, 3.8) is 0 Å². The maximum atomic E-state index is 11.9. The third-order valence-corrected chi connectivity index (χ3v) is 3.53. The molecule has 19 heavy (non-hydrogen) atoms. The standard InChI is InChI=1S/C12H17F3O4/c13-12(14,15)8-18-6-10(16)9-1-3-19-11(5-9)2-4-17-7-11/h9H,1-8H2. The molecule has 1 spiro atoms. The average molecular weight is 282 g/mol. The molecule has 0 radical (unpaired) electrons. The summed E-state index contributed by atoms with van der Waals surface area (Å²) in [7, 11) is 0. The zero-order valence-corrected chi connectivity index (χ0v) is 10.5. The minimum Gasteiger partial charge on any atom is -0.378 e. The van der Waals surface area contributed by atoms with Crippen molar-refractivity contribution < 1.29 is 32.2 Å². The molecule has 2 heterocycles. The van der Waals surface area contributed by atoms with Crippen molar-refractivity contribution in [2.24, 2.45) is 5.92 Å². The maximum Gasteiger partial charge on any atom is 0.411 e. The highest BCUT2D eigenvalue weighted by atomic mass is 19.4. The van der Waals surface area contributed by atoms with Crippen molar-refractivity contribution in [2.75, 3.05) is 33.0 Å². The summed E-state index contributed by atoms with van der Waals surface area (Å²) >= 11 is 0. The molecule has 0 aromatic rings. The van der Waals surface area contributed by atoms with Gasteiger partial charge in [-0.15, -0.1) is 0 Å². The van der Waals surface area contributed by atoms with E-state index >= 15 is 0 Å². The lowest BCUT2D eigenvalue weighted by Crippen LogP contribution is -2.43. The first-order valence-electron chi connectivity index (χ1n) is 6.29. The zero-order valence-electron chi connectivity index (χ0n) is 10.5. The van der Waals surface area contributed by atoms with E-state index in [0.717, 1.165) is 6.42 Å². The van der Waals surface area contributed by atoms with Gasteiger partial charge in [-0.05, 0) is 12.8 Å². The quantitative estimate of drug-likeness (QED) is 0.787. The number of hydrogen-bond donors (Lipinski definition) is 0. The SMILES string of the molecule is O=C(COCC(F)(F)F)C1CCOC2(CCOC2)C1. The number of carbonyl (C=O) groups is 1. The number of ketones is 1. The van der Waals surface area contributed by atoms with Crippen molar-refractivity contribution in [2.45, 2.75) is 31.0 Å². The van der Waals surface area contributed by atoms with E-state index < -0.39 is 25.0 Å². The molecule has 0 aromatic carbocycles. The van der Waals surface area contributed by atoms with Crippen LogP contribution in [0.5, 0.6) is 0 Å². The third-order valence-electron chi connectivity index (χ3n) is 3.53. The molecule has 2 saturated heterocycles. The summed E-state index contributed by atoms with van der Waals surface area (Å²) < 4.78 is 51.1. The van der Waals surface area contributed by atoms with Crippen molar-refractivity contribution >= 4 is 5.78 Å². The lowest BCUT2D eigenvalue weighted by molar-refractivity contribution is -0.177. The highest BCUT2D eigenvalue weighted by molar-refractivity contribution is 5.82. The smallest absolute Gasteiger partial charge is 0.378 e. The number of rotatable bonds is 4. The lowest BCUT2D eigenvalue weighted by atomic mass is 9.83. The van der Waals surface area contributed by atoms with Crippen LogP contribution >= 0.6 is 0 Å². The Hall–Kier alpha value is -0.660. The van der Waals surface area contributed by atoms with E-state index in [1.165, 1.54) is 0 Å². The molecule has 4 nitrogen and oxygen atoms in total. The fourth-order valence-electron chi connectivity index (χ4n) is 2.55. The zero-order chi connectivity index (χ0) is 13.9. The molecule has 0 aliphatic carbocycles. The molecule has 2 fully saturated rings. The second-order valence-electron chi connectivity index (χ2n) is 5.10. The first-order chi connectivity index (χ1) is 8.90. The van der Waals surface area contributed by atoms with Crippen molar-refractivity contribution in [3.8, 4) is 0 Å². The second kappa shape index (κ2) is 5.76. The van der Waals surface area contributed by atoms with E-state index in [4.69, 9.17) is 9.47 Å². The summed E-state index contributed by atoms with van der Waals surface area (Å²) in [5, 5.41) is 0. The molecule has 7 heteroatoms. The van der Waals surface area contributed by atoms with Gasteiger partial charge in [0.2, 0.25) is 0 Å². The number of Topliss-reactive ketones (excluding diaryl/α,β-unsaturated/α-hetero) is 1. The van der Waals surface area contributed by atoms with Gasteiger partial charge in [-0.2, -0.15) is 13.2 Å². The van der Waals surface area contributed by atoms with Crippen LogP contribution in [0.3, 0.4) is 0 Å². The van der Waals surface area contributed by atoms with Crippen LogP contribution in [0.25, 0.3) is 0 Å². The van der Waals surface area contributed by atoms with Crippen molar-refractivity contribution in [1.29, 1.82) is 0 Å². The van der Waals surface area contributed by atoms with Crippen LogP contribution in [0, 0.1) is 5.92 Å². The van der Waals surface area contributed by atoms with Gasteiger partial charge in [0, 0.05) is 25.6 Å². The Kier molecular flexibility index (Phi) is 4.47. The van der Waals surface area contributed by atoms with Gasteiger partial charge in [0.05, 0.1) is 12.2 Å². The van der Waals surface area contributed by atoms with E-state index in [0.29, 0.717) is 32.7 Å². The summed E-state index contributed by atoms with van der Waals surface area (Å²) in [6.07, 6.45) is -2.60. The Bertz CT molecular complexity index is 323. The summed E-state index contributed by atoms with van der Waals surface area (Å²) in [6.45, 7) is -0.359. The number of carbonyl (C=O) groups excluding carboxylic acids is 1. The molecule has 2 atom stereocenters. The van der Waals surface area contributed by atoms with Gasteiger partial charge < -0.3 is 14.2 Å². The molecule has 0 aromatic heterocycles. The van der Waals surface area contributed by atoms with Crippen LogP contribution < -0.4 is 0 Å². The molecule has 0 N–H and O–H groups in total. The fraction of sp³-hybridized carbons (Fsp3) is 0.917. The van der Waals surface area contributed by atoms with Crippen LogP contribution in [-0.2, 0) is 19.0 Å². The molecular formula is C12H17F3O4. The minimum atomic E-state index is -4.39. The molecule has 2 aliphatic rings. The summed E-state index contributed by atoms with van der Waals surface area (Å²) in [6, 6.07) is 0. The van der Waals surface area contributed by atoms with E-state index in [-0.39, 0.29) is 11.7 Å². The predicted octanol–water partition coefficient (Wildman–Crippen LogP) is 1.72. The van der Waals surface area contributed by atoms with Crippen LogP contribution in [0.2, 0.25) is 0 Å². The maximum absolute atomic E-state index is 11.9. The van der Waals surface area contributed by atoms with Gasteiger partial charge in [-0.3, -0.25) is 4.79 Å². The van der Waals surface area contributed by atoms with Gasteiger partial charge in [0.1, 0.15) is 13.2 Å². The van der Waals surface area contributed by atoms with Gasteiger partial charge in [0.25, 0.3) is 0 Å². The number of hydrogen-bond acceptors (Lipinski definition) is 4. The fourth-order valence-corrected chi connectivity index (χ4v) is 2.55. The summed E-state index contributed by atoms with van der Waals surface area (Å²) in [4.78, 5) is 11.8. The van der Waals surface area contributed by atoms with Gasteiger partial charge in [-0.25, -0.2) is 0 Å². The van der Waals surface area contributed by atoms with Gasteiger partial charge in [0.15, 0.2) is 5.78 Å². The van der Waals surface area contributed by atoms with Gasteiger partial charge >= 0.3 is 6.18 Å². The largest absolute Gasteiger partial charge is 0.411 e. The number of ether oxygens (including phenoxy) is 3. The molecule has 0 bridgehead atoms. The van der Waals surface area contributed by atoms with Crippen LogP contribution in [0.4, 0.5) is 13.2 Å². The Labute approximate surface area is 109 Å². The summed E-state index contributed by atoms with van der Waals surface area (Å²) in [5.74, 6) is -0.567. The number of halogens is 3. The Morgan fingerprint density at radius 3 is 2.79 bits per heavy atom. The van der Waals surface area contributed by atoms with Gasteiger partial charge in [-0.1, -0.05) is 0 Å². The molecule has 2 unspecified atom stereocenters. The predicted molar refractivity (Wildman–Crippen MR) is 58.7 cm³/mol. The van der Waals surface area contributed by atoms with Crippen molar-refractivity contribution in [3.05, 3.63) is 0 Å². The number of alkyl halides is 3. The van der Waals surface area contributed by atoms with E-state index in [9.17, 15) is 18.0 Å². The average Bonchev–Trinajstić information content (AvgIpc) is 2.75. The van der Waals surface area contributed by atoms with E-state index in [1.807, 2.05) is 0 Å². The highest BCUT2D eigenvalue weighted by Crippen LogP contribution is 2.36. The minimum absolute atomic E-state index is 0.279. The van der Waals surface area contributed by atoms with Crippen LogP contribution in [-0.4, -0.2) is 50.6 Å². The van der Waals surface area contributed by atoms with E-state index in [1.54, 1.807) is 0 Å². The molecule has 0 amide bonds. The van der Waals surface area contributed by atoms with E-state index in [2.05, 4.69) is 4.74 Å². The monoisotopic (exact) mass is 282 g/mol. The third kappa shape index (κ3) is 4.15. The van der Waals surface area contributed by atoms with Crippen LogP contribution in [0.15, 0.2) is 0 Å². The van der Waals surface area contributed by atoms with Crippen molar-refractivity contribution in [1.82, 2.24) is 0 Å². The normalized spacial score (nSPS) is 31.8. The molecule has 0 saturated carbocycles. The molecule has 2 rings (SSSR count). The molecular weight excluding hydrogens is 265 g/mol.